The van der Waals surface area contributed by atoms with Crippen LogP contribution in [0.15, 0.2) is 28.1 Å². The molecule has 0 saturated heterocycles. The molecule has 90 valence electrons. The molecule has 1 heterocycles. The van der Waals surface area contributed by atoms with Crippen LogP contribution in [0.25, 0.3) is 0 Å². The van der Waals surface area contributed by atoms with Gasteiger partial charge in [-0.05, 0) is 52.2 Å². The van der Waals surface area contributed by atoms with Gasteiger partial charge in [-0.15, -0.1) is 11.3 Å². The summed E-state index contributed by atoms with van der Waals surface area (Å²) in [7, 11) is 0. The van der Waals surface area contributed by atoms with Gasteiger partial charge in [0.25, 0.3) is 0 Å². The first kappa shape index (κ1) is 13.9. The monoisotopic (exact) mass is 412 g/mol. The Morgan fingerprint density at radius 3 is 2.41 bits per heavy atom. The van der Waals surface area contributed by atoms with Crippen LogP contribution < -0.4 is 0 Å². The number of halogens is 4. The molecule has 5 heteroatoms. The Bertz CT molecular complexity index is 512. The number of thiophene rings is 1. The molecule has 1 atom stereocenters. The van der Waals surface area contributed by atoms with Crippen LogP contribution in [0.2, 0.25) is 10.0 Å². The number of rotatable bonds is 2. The van der Waals surface area contributed by atoms with E-state index in [0.717, 1.165) is 29.8 Å². The summed E-state index contributed by atoms with van der Waals surface area (Å²) in [6, 6.07) is 8.00. The number of benzene rings is 1. The number of hydrogen-bond donors (Lipinski definition) is 0. The summed E-state index contributed by atoms with van der Waals surface area (Å²) in [5.74, 6) is 0. The van der Waals surface area contributed by atoms with Crippen molar-refractivity contribution in [3.63, 3.8) is 0 Å². The third-order valence-electron chi connectivity index (χ3n) is 2.27. The molecule has 0 aliphatic carbocycles. The molecule has 2 rings (SSSR count). The molecule has 0 bridgehead atoms. The van der Waals surface area contributed by atoms with E-state index in [-0.39, 0.29) is 4.83 Å². The van der Waals surface area contributed by atoms with E-state index in [4.69, 9.17) is 23.2 Å². The molecule has 2 aromatic rings. The van der Waals surface area contributed by atoms with Gasteiger partial charge in [0.2, 0.25) is 0 Å². The van der Waals surface area contributed by atoms with E-state index in [0.29, 0.717) is 0 Å². The highest BCUT2D eigenvalue weighted by Crippen LogP contribution is 2.41. The van der Waals surface area contributed by atoms with Crippen molar-refractivity contribution in [3.05, 3.63) is 54.1 Å². The van der Waals surface area contributed by atoms with Crippen LogP contribution in [0, 0.1) is 6.92 Å². The SMILES string of the molecule is Cc1cc(Cl)cc(C(Br)c2cc(Cl)c(Br)s2)c1. The fourth-order valence-electron chi connectivity index (χ4n) is 1.56. The van der Waals surface area contributed by atoms with Crippen LogP contribution in [0.5, 0.6) is 0 Å². The van der Waals surface area contributed by atoms with Crippen molar-refractivity contribution in [2.75, 3.05) is 0 Å². The molecule has 0 aliphatic rings. The predicted octanol–water partition coefficient (Wildman–Crippen LogP) is 6.61. The molecule has 0 nitrogen and oxygen atoms in total. The topological polar surface area (TPSA) is 0 Å². The molecule has 0 radical (unpaired) electrons. The van der Waals surface area contributed by atoms with Crippen molar-refractivity contribution in [1.82, 2.24) is 0 Å². The highest BCUT2D eigenvalue weighted by atomic mass is 79.9. The third-order valence-corrected chi connectivity index (χ3v) is 6.35. The van der Waals surface area contributed by atoms with Gasteiger partial charge in [0.05, 0.1) is 13.6 Å². The lowest BCUT2D eigenvalue weighted by molar-refractivity contribution is 1.21. The lowest BCUT2D eigenvalue weighted by Gasteiger charge is -2.09. The Kier molecular flexibility index (Phi) is 4.59. The largest absolute Gasteiger partial charge is 0.130 e. The van der Waals surface area contributed by atoms with Crippen LogP contribution in [-0.2, 0) is 0 Å². The molecule has 0 saturated carbocycles. The minimum atomic E-state index is 0.119. The summed E-state index contributed by atoms with van der Waals surface area (Å²) in [5.41, 5.74) is 2.29. The number of aryl methyl sites for hydroxylation is 1. The highest BCUT2D eigenvalue weighted by Gasteiger charge is 2.15. The Morgan fingerprint density at radius 2 is 1.88 bits per heavy atom. The van der Waals surface area contributed by atoms with Gasteiger partial charge in [-0.2, -0.15) is 0 Å². The molecule has 0 amide bonds. The van der Waals surface area contributed by atoms with Gasteiger partial charge in [-0.1, -0.05) is 45.2 Å². The Balaban J connectivity index is 2.39. The Morgan fingerprint density at radius 1 is 1.18 bits per heavy atom. The molecule has 1 unspecified atom stereocenters. The lowest BCUT2D eigenvalue weighted by Crippen LogP contribution is -1.90. The maximum Gasteiger partial charge on any atom is 0.0887 e. The summed E-state index contributed by atoms with van der Waals surface area (Å²) in [4.78, 5) is 1.28. The predicted molar refractivity (Wildman–Crippen MR) is 84.0 cm³/mol. The van der Waals surface area contributed by atoms with Crippen LogP contribution in [0.1, 0.15) is 20.8 Å². The van der Waals surface area contributed by atoms with Crippen LogP contribution in [0.4, 0.5) is 0 Å². The molecular formula is C12H8Br2Cl2S. The smallest absolute Gasteiger partial charge is 0.0887 e. The van der Waals surface area contributed by atoms with Crippen LogP contribution in [-0.4, -0.2) is 0 Å². The highest BCUT2D eigenvalue weighted by molar-refractivity contribution is 9.11. The number of hydrogen-bond acceptors (Lipinski definition) is 1. The third kappa shape index (κ3) is 3.27. The van der Waals surface area contributed by atoms with Gasteiger partial charge in [-0.25, -0.2) is 0 Å². The standard InChI is InChI=1S/C12H8Br2Cl2S/c1-6-2-7(4-8(15)3-6)11(13)10-5-9(16)12(14)17-10/h2-5,11H,1H3. The lowest BCUT2D eigenvalue weighted by atomic mass is 10.1. The molecule has 0 N–H and O–H groups in total. The molecular weight excluding hydrogens is 407 g/mol. The maximum absolute atomic E-state index is 6.07. The first-order valence-electron chi connectivity index (χ1n) is 4.83. The van der Waals surface area contributed by atoms with E-state index in [9.17, 15) is 0 Å². The van der Waals surface area contributed by atoms with Crippen molar-refractivity contribution < 1.29 is 0 Å². The van der Waals surface area contributed by atoms with E-state index in [1.54, 1.807) is 11.3 Å². The van der Waals surface area contributed by atoms with E-state index < -0.39 is 0 Å². The van der Waals surface area contributed by atoms with Crippen molar-refractivity contribution in [1.29, 1.82) is 0 Å². The van der Waals surface area contributed by atoms with E-state index in [2.05, 4.69) is 37.9 Å². The zero-order valence-electron chi connectivity index (χ0n) is 8.81. The van der Waals surface area contributed by atoms with Gasteiger partial charge in [0.1, 0.15) is 0 Å². The molecule has 1 aromatic carbocycles. The summed E-state index contributed by atoms with van der Waals surface area (Å²) in [6.45, 7) is 2.03. The van der Waals surface area contributed by atoms with Crippen molar-refractivity contribution in [3.8, 4) is 0 Å². The molecule has 0 aliphatic heterocycles. The van der Waals surface area contributed by atoms with Gasteiger partial charge in [-0.3, -0.25) is 0 Å². The second kappa shape index (κ2) is 5.62. The van der Waals surface area contributed by atoms with Crippen molar-refractivity contribution in [2.24, 2.45) is 0 Å². The van der Waals surface area contributed by atoms with Crippen LogP contribution >= 0.6 is 66.4 Å². The number of alkyl halides is 1. The van der Waals surface area contributed by atoms with E-state index >= 15 is 0 Å². The maximum atomic E-state index is 6.07. The van der Waals surface area contributed by atoms with Gasteiger partial charge in [0, 0.05) is 9.90 Å². The van der Waals surface area contributed by atoms with E-state index in [1.165, 1.54) is 0 Å². The minimum Gasteiger partial charge on any atom is -0.130 e. The quantitative estimate of drug-likeness (QED) is 0.485. The summed E-state index contributed by atoms with van der Waals surface area (Å²) < 4.78 is 0.956. The van der Waals surface area contributed by atoms with Crippen LogP contribution in [0.3, 0.4) is 0 Å². The second-order valence-corrected chi connectivity index (χ2v) is 7.86. The first-order chi connectivity index (χ1) is 7.97. The van der Waals surface area contributed by atoms with Gasteiger partial charge < -0.3 is 0 Å². The van der Waals surface area contributed by atoms with E-state index in [1.807, 2.05) is 25.1 Å². The normalized spacial score (nSPS) is 12.8. The molecule has 17 heavy (non-hydrogen) atoms. The Hall–Kier alpha value is 0.460. The summed E-state index contributed by atoms with van der Waals surface area (Å²) >= 11 is 20.8. The zero-order chi connectivity index (χ0) is 12.6. The van der Waals surface area contributed by atoms with Gasteiger partial charge >= 0.3 is 0 Å². The zero-order valence-corrected chi connectivity index (χ0v) is 14.3. The average molecular weight is 415 g/mol. The molecule has 0 fully saturated rings. The second-order valence-electron chi connectivity index (χ2n) is 3.69. The first-order valence-corrected chi connectivity index (χ1v) is 8.11. The fraction of sp³-hybridized carbons (Fsp3) is 0.167. The van der Waals surface area contributed by atoms with Gasteiger partial charge in [0.15, 0.2) is 0 Å². The Labute approximate surface area is 131 Å². The minimum absolute atomic E-state index is 0.119. The molecule has 1 aromatic heterocycles. The van der Waals surface area contributed by atoms with Crippen molar-refractivity contribution >= 4 is 66.4 Å². The summed E-state index contributed by atoms with van der Waals surface area (Å²) in [6.07, 6.45) is 0. The van der Waals surface area contributed by atoms with Crippen molar-refractivity contribution in [2.45, 2.75) is 11.8 Å². The summed E-state index contributed by atoms with van der Waals surface area (Å²) in [5, 5.41) is 1.50. The average Bonchev–Trinajstić information content (AvgIpc) is 2.57. The molecule has 0 spiro atoms. The fourth-order valence-corrected chi connectivity index (χ4v) is 4.29.